The van der Waals surface area contributed by atoms with Crippen molar-refractivity contribution >= 4 is 17.4 Å². The highest BCUT2D eigenvalue weighted by Gasteiger charge is 2.13. The van der Waals surface area contributed by atoms with E-state index in [1.807, 2.05) is 24.3 Å². The summed E-state index contributed by atoms with van der Waals surface area (Å²) in [5, 5.41) is 10.7. The van der Waals surface area contributed by atoms with Gasteiger partial charge in [-0.1, -0.05) is 23.7 Å². The number of benzene rings is 1. The van der Waals surface area contributed by atoms with Crippen LogP contribution in [0.3, 0.4) is 0 Å². The third-order valence-corrected chi connectivity index (χ3v) is 3.05. The van der Waals surface area contributed by atoms with E-state index in [2.05, 4.69) is 4.98 Å². The number of halogens is 1. The Morgan fingerprint density at radius 2 is 2.21 bits per heavy atom. The van der Waals surface area contributed by atoms with Crippen molar-refractivity contribution < 1.29 is 9.84 Å². The first-order chi connectivity index (χ1) is 9.10. The number of aliphatic hydroxyl groups excluding tert-OH is 1. The van der Waals surface area contributed by atoms with Crippen LogP contribution in [0, 0.1) is 0 Å². The van der Waals surface area contributed by atoms with Crippen LogP contribution in [-0.2, 0) is 6.42 Å². The number of rotatable bonds is 4. The quantitative estimate of drug-likeness (QED) is 0.902. The highest BCUT2D eigenvalue weighted by atomic mass is 35.5. The van der Waals surface area contributed by atoms with Crippen molar-refractivity contribution in [1.82, 2.24) is 4.98 Å². The number of anilines is 1. The molecule has 0 radical (unpaired) electrons. The van der Waals surface area contributed by atoms with Gasteiger partial charge < -0.3 is 15.6 Å². The predicted octanol–water partition coefficient (Wildman–Crippen LogP) is 2.60. The molecule has 0 spiro atoms. The summed E-state index contributed by atoms with van der Waals surface area (Å²) in [6, 6.07) is 9.15. The summed E-state index contributed by atoms with van der Waals surface area (Å²) in [5.41, 5.74) is 7.23. The van der Waals surface area contributed by atoms with Crippen molar-refractivity contribution in [2.24, 2.45) is 0 Å². The van der Waals surface area contributed by atoms with E-state index in [4.69, 9.17) is 22.1 Å². The van der Waals surface area contributed by atoms with Gasteiger partial charge in [-0.05, 0) is 23.8 Å². The Labute approximate surface area is 116 Å². The third-order valence-electron chi connectivity index (χ3n) is 2.84. The van der Waals surface area contributed by atoms with Crippen LogP contribution in [-0.4, -0.2) is 17.2 Å². The van der Waals surface area contributed by atoms with Gasteiger partial charge >= 0.3 is 0 Å². The van der Waals surface area contributed by atoms with Crippen LogP contribution < -0.4 is 10.5 Å². The van der Waals surface area contributed by atoms with Crippen molar-refractivity contribution in [3.8, 4) is 5.75 Å². The van der Waals surface area contributed by atoms with Crippen LogP contribution >= 0.6 is 11.6 Å². The van der Waals surface area contributed by atoms with Crippen LogP contribution in [0.1, 0.15) is 17.2 Å². The Morgan fingerprint density at radius 3 is 2.95 bits per heavy atom. The fourth-order valence-electron chi connectivity index (χ4n) is 1.87. The number of nitrogens with two attached hydrogens (primary N) is 1. The Kier molecular flexibility index (Phi) is 4.24. The van der Waals surface area contributed by atoms with Crippen molar-refractivity contribution in [3.05, 3.63) is 52.7 Å². The molecule has 1 unspecified atom stereocenters. The maximum Gasteiger partial charge on any atom is 0.129 e. The Morgan fingerprint density at radius 1 is 1.42 bits per heavy atom. The second-order valence-corrected chi connectivity index (χ2v) is 4.64. The molecule has 0 saturated carbocycles. The van der Waals surface area contributed by atoms with Crippen molar-refractivity contribution in [2.75, 3.05) is 12.8 Å². The summed E-state index contributed by atoms with van der Waals surface area (Å²) in [6.07, 6.45) is 1.13. The van der Waals surface area contributed by atoms with E-state index in [1.165, 1.54) is 6.20 Å². The summed E-state index contributed by atoms with van der Waals surface area (Å²) < 4.78 is 5.15. The van der Waals surface area contributed by atoms with E-state index >= 15 is 0 Å². The fraction of sp³-hybridized carbons (Fsp3) is 0.214. The average molecular weight is 279 g/mol. The number of pyridine rings is 1. The molecule has 1 heterocycles. The van der Waals surface area contributed by atoms with Crippen molar-refractivity contribution in [1.29, 1.82) is 0 Å². The van der Waals surface area contributed by atoms with Crippen LogP contribution in [0.25, 0.3) is 0 Å². The van der Waals surface area contributed by atoms with Crippen LogP contribution in [0.15, 0.2) is 36.5 Å². The molecule has 1 aromatic heterocycles. The number of ether oxygens (including phenoxy) is 1. The number of nitrogens with zero attached hydrogens (tertiary/aromatic N) is 1. The zero-order valence-electron chi connectivity index (χ0n) is 10.5. The van der Waals surface area contributed by atoms with Gasteiger partial charge in [0.15, 0.2) is 0 Å². The van der Waals surface area contributed by atoms with E-state index in [1.54, 1.807) is 13.2 Å². The largest absolute Gasteiger partial charge is 0.497 e. The first-order valence-corrected chi connectivity index (χ1v) is 6.20. The van der Waals surface area contributed by atoms with Crippen LogP contribution in [0.5, 0.6) is 5.75 Å². The SMILES string of the molecule is COc1cccc(CC(O)c2cc(Cl)cnc2N)c1. The highest BCUT2D eigenvalue weighted by molar-refractivity contribution is 6.30. The van der Waals surface area contributed by atoms with Crippen molar-refractivity contribution in [2.45, 2.75) is 12.5 Å². The van der Waals surface area contributed by atoms with Gasteiger partial charge in [-0.3, -0.25) is 0 Å². The first-order valence-electron chi connectivity index (χ1n) is 5.82. The average Bonchev–Trinajstić information content (AvgIpc) is 2.41. The molecule has 2 aromatic rings. The second-order valence-electron chi connectivity index (χ2n) is 4.20. The monoisotopic (exact) mass is 278 g/mol. The zero-order chi connectivity index (χ0) is 13.8. The minimum absolute atomic E-state index is 0.291. The summed E-state index contributed by atoms with van der Waals surface area (Å²) in [6.45, 7) is 0. The standard InChI is InChI=1S/C14H15ClN2O2/c1-19-11-4-2-3-9(5-11)6-13(18)12-7-10(15)8-17-14(12)16/h2-5,7-8,13,18H,6H2,1H3,(H2,16,17). The number of nitrogen functional groups attached to an aromatic ring is 1. The zero-order valence-corrected chi connectivity index (χ0v) is 11.3. The van der Waals surface area contributed by atoms with Gasteiger partial charge in [0.05, 0.1) is 18.2 Å². The summed E-state index contributed by atoms with van der Waals surface area (Å²) in [5.74, 6) is 1.04. The molecule has 0 amide bonds. The maximum absolute atomic E-state index is 10.2. The lowest BCUT2D eigenvalue weighted by atomic mass is 10.0. The molecule has 0 aliphatic rings. The highest BCUT2D eigenvalue weighted by Crippen LogP contribution is 2.26. The maximum atomic E-state index is 10.2. The molecule has 3 N–H and O–H groups in total. The Hall–Kier alpha value is -1.78. The number of aliphatic hydroxyl groups is 1. The van der Waals surface area contributed by atoms with Gasteiger partial charge in [0.25, 0.3) is 0 Å². The number of methoxy groups -OCH3 is 1. The third kappa shape index (κ3) is 3.36. The minimum atomic E-state index is -0.752. The number of hydrogen-bond acceptors (Lipinski definition) is 4. The van der Waals surface area contributed by atoms with Crippen LogP contribution in [0.4, 0.5) is 5.82 Å². The fourth-order valence-corrected chi connectivity index (χ4v) is 2.03. The van der Waals surface area contributed by atoms with E-state index in [0.717, 1.165) is 11.3 Å². The number of aromatic nitrogens is 1. The summed E-state index contributed by atoms with van der Waals surface area (Å²) in [4.78, 5) is 3.94. The topological polar surface area (TPSA) is 68.4 Å². The van der Waals surface area contributed by atoms with Gasteiger partial charge in [0, 0.05) is 18.2 Å². The van der Waals surface area contributed by atoms with Gasteiger partial charge in [0.1, 0.15) is 11.6 Å². The molecule has 0 aliphatic heterocycles. The lowest BCUT2D eigenvalue weighted by Crippen LogP contribution is -2.07. The first kappa shape index (κ1) is 13.6. The van der Waals surface area contributed by atoms with E-state index in [0.29, 0.717) is 22.8 Å². The van der Waals surface area contributed by atoms with E-state index in [9.17, 15) is 5.11 Å². The Balaban J connectivity index is 2.20. The molecule has 4 nitrogen and oxygen atoms in total. The molecule has 5 heteroatoms. The Bertz CT molecular complexity index is 575. The molecule has 0 fully saturated rings. The molecule has 2 rings (SSSR count). The summed E-state index contributed by atoms with van der Waals surface area (Å²) in [7, 11) is 1.61. The molecule has 19 heavy (non-hydrogen) atoms. The molecule has 1 aromatic carbocycles. The van der Waals surface area contributed by atoms with E-state index in [-0.39, 0.29) is 0 Å². The molecule has 0 aliphatic carbocycles. The summed E-state index contributed by atoms with van der Waals surface area (Å²) >= 11 is 5.86. The van der Waals surface area contributed by atoms with Gasteiger partial charge in [0.2, 0.25) is 0 Å². The molecule has 0 bridgehead atoms. The smallest absolute Gasteiger partial charge is 0.129 e. The normalized spacial score (nSPS) is 12.2. The molecular formula is C14H15ClN2O2. The molecular weight excluding hydrogens is 264 g/mol. The lowest BCUT2D eigenvalue weighted by molar-refractivity contribution is 0.179. The predicted molar refractivity (Wildman–Crippen MR) is 75.3 cm³/mol. The number of hydrogen-bond donors (Lipinski definition) is 2. The van der Waals surface area contributed by atoms with Gasteiger partial charge in [-0.25, -0.2) is 4.98 Å². The minimum Gasteiger partial charge on any atom is -0.497 e. The van der Waals surface area contributed by atoms with Crippen LogP contribution in [0.2, 0.25) is 5.02 Å². The lowest BCUT2D eigenvalue weighted by Gasteiger charge is -2.13. The second kappa shape index (κ2) is 5.91. The van der Waals surface area contributed by atoms with Crippen molar-refractivity contribution in [3.63, 3.8) is 0 Å². The van der Waals surface area contributed by atoms with Gasteiger partial charge in [-0.2, -0.15) is 0 Å². The molecule has 0 saturated heterocycles. The van der Waals surface area contributed by atoms with Gasteiger partial charge in [-0.15, -0.1) is 0 Å². The molecule has 100 valence electrons. The molecule has 1 atom stereocenters. The van der Waals surface area contributed by atoms with E-state index < -0.39 is 6.10 Å².